The van der Waals surface area contributed by atoms with Crippen LogP contribution in [0.25, 0.3) is 0 Å². The molecule has 0 unspecified atom stereocenters. The second kappa shape index (κ2) is 7.25. The van der Waals surface area contributed by atoms with Gasteiger partial charge in [0.05, 0.1) is 23.7 Å². The summed E-state index contributed by atoms with van der Waals surface area (Å²) in [6.07, 6.45) is 3.19. The van der Waals surface area contributed by atoms with E-state index in [2.05, 4.69) is 11.1 Å². The molecule has 3 aliphatic heterocycles. The number of fused-ring (bicyclic) bond motifs is 4. The first-order valence-corrected chi connectivity index (χ1v) is 10.5. The number of aryl methyl sites for hydroxylation is 1. The molecule has 0 aliphatic carbocycles. The molecule has 0 saturated carbocycles. The van der Waals surface area contributed by atoms with E-state index in [-0.39, 0.29) is 23.8 Å². The average Bonchev–Trinajstić information content (AvgIpc) is 3.25. The van der Waals surface area contributed by atoms with Crippen molar-refractivity contribution in [1.29, 1.82) is 0 Å². The Morgan fingerprint density at radius 1 is 1.32 bits per heavy atom. The Hall–Kier alpha value is -1.73. The second-order valence-electron chi connectivity index (χ2n) is 6.75. The molecule has 132 valence electrons. The fourth-order valence-electron chi connectivity index (χ4n) is 3.79. The molecule has 25 heavy (non-hydrogen) atoms. The van der Waals surface area contributed by atoms with E-state index in [0.29, 0.717) is 26.1 Å². The Balaban J connectivity index is 1.43. The third kappa shape index (κ3) is 3.62. The van der Waals surface area contributed by atoms with E-state index >= 15 is 0 Å². The maximum Gasteiger partial charge on any atom is 0.228 e. The van der Waals surface area contributed by atoms with Crippen molar-refractivity contribution in [3.8, 4) is 0 Å². The van der Waals surface area contributed by atoms with Crippen molar-refractivity contribution in [2.24, 2.45) is 5.92 Å². The van der Waals surface area contributed by atoms with Crippen molar-refractivity contribution in [2.45, 2.75) is 38.3 Å². The van der Waals surface area contributed by atoms with Crippen LogP contribution in [0.15, 0.2) is 28.4 Å². The van der Waals surface area contributed by atoms with Crippen LogP contribution in [-0.4, -0.2) is 45.7 Å². The standard InChI is InChI=1S/C18H21N3O2S2/c22-17(6-5-16-2-1-7-25-16)20-8-13-3-4-15(10-20)21(18(13)23)9-14-11-24-12-19-14/h1-2,7,11-13,15H,3-6,8-10H2/t13-,15+/m0/s1. The van der Waals surface area contributed by atoms with Gasteiger partial charge in [0, 0.05) is 35.8 Å². The molecule has 0 spiro atoms. The van der Waals surface area contributed by atoms with Crippen molar-refractivity contribution < 1.29 is 9.59 Å². The first-order valence-electron chi connectivity index (χ1n) is 8.68. The van der Waals surface area contributed by atoms with Crippen LogP contribution in [0.2, 0.25) is 0 Å². The highest BCUT2D eigenvalue weighted by Crippen LogP contribution is 2.30. The van der Waals surface area contributed by atoms with Gasteiger partial charge in [-0.25, -0.2) is 4.98 Å². The molecule has 2 bridgehead atoms. The summed E-state index contributed by atoms with van der Waals surface area (Å²) in [5.41, 5.74) is 2.75. The molecule has 2 aromatic rings. The summed E-state index contributed by atoms with van der Waals surface area (Å²) < 4.78 is 0. The number of thiazole rings is 1. The number of carbonyl (C=O) groups is 2. The predicted octanol–water partition coefficient (Wildman–Crippen LogP) is 2.79. The zero-order valence-electron chi connectivity index (χ0n) is 14.0. The molecule has 5 rings (SSSR count). The van der Waals surface area contributed by atoms with Gasteiger partial charge in [0.2, 0.25) is 11.8 Å². The maximum atomic E-state index is 12.8. The smallest absolute Gasteiger partial charge is 0.228 e. The van der Waals surface area contributed by atoms with Crippen LogP contribution in [0.4, 0.5) is 0 Å². The Morgan fingerprint density at radius 2 is 2.24 bits per heavy atom. The van der Waals surface area contributed by atoms with Crippen molar-refractivity contribution in [1.82, 2.24) is 14.8 Å². The molecule has 0 N–H and O–H groups in total. The van der Waals surface area contributed by atoms with Crippen molar-refractivity contribution in [2.75, 3.05) is 13.1 Å². The molecule has 2 atom stereocenters. The lowest BCUT2D eigenvalue weighted by atomic mass is 9.94. The molecule has 3 aliphatic rings. The highest BCUT2D eigenvalue weighted by molar-refractivity contribution is 7.09. The minimum atomic E-state index is -0.0527. The Bertz CT molecular complexity index is 730. The van der Waals surface area contributed by atoms with Gasteiger partial charge in [-0.2, -0.15) is 0 Å². The van der Waals surface area contributed by atoms with Crippen LogP contribution < -0.4 is 0 Å². The lowest BCUT2D eigenvalue weighted by Gasteiger charge is -2.35. The molecule has 7 heteroatoms. The molecule has 2 amide bonds. The normalized spacial score (nSPS) is 23.1. The fraction of sp³-hybridized carbons (Fsp3) is 0.500. The number of thiophene rings is 1. The minimum absolute atomic E-state index is 0.0527. The fourth-order valence-corrected chi connectivity index (χ4v) is 5.04. The van der Waals surface area contributed by atoms with Gasteiger partial charge >= 0.3 is 0 Å². The number of hydrogen-bond acceptors (Lipinski definition) is 5. The first kappa shape index (κ1) is 16.7. The van der Waals surface area contributed by atoms with Crippen molar-refractivity contribution >= 4 is 34.5 Å². The van der Waals surface area contributed by atoms with Gasteiger partial charge < -0.3 is 9.80 Å². The predicted molar refractivity (Wildman–Crippen MR) is 98.4 cm³/mol. The van der Waals surface area contributed by atoms with Gasteiger partial charge in [-0.05, 0) is 30.7 Å². The summed E-state index contributed by atoms with van der Waals surface area (Å²) in [4.78, 5) is 34.9. The molecule has 5 nitrogen and oxygen atoms in total. The van der Waals surface area contributed by atoms with Gasteiger partial charge in [-0.3, -0.25) is 9.59 Å². The van der Waals surface area contributed by atoms with E-state index in [9.17, 15) is 9.59 Å². The lowest BCUT2D eigenvalue weighted by Crippen LogP contribution is -2.47. The number of piperidine rings is 1. The largest absolute Gasteiger partial charge is 0.340 e. The number of rotatable bonds is 5. The summed E-state index contributed by atoms with van der Waals surface area (Å²) in [5, 5.41) is 4.04. The van der Waals surface area contributed by atoms with Crippen LogP contribution in [0.5, 0.6) is 0 Å². The quantitative estimate of drug-likeness (QED) is 0.807. The topological polar surface area (TPSA) is 53.5 Å². The molecule has 0 radical (unpaired) electrons. The molecular weight excluding hydrogens is 354 g/mol. The maximum absolute atomic E-state index is 12.8. The summed E-state index contributed by atoms with van der Waals surface area (Å²) in [6.45, 7) is 1.81. The van der Waals surface area contributed by atoms with Gasteiger partial charge in [-0.1, -0.05) is 6.07 Å². The Morgan fingerprint density at radius 3 is 3.00 bits per heavy atom. The van der Waals surface area contributed by atoms with Crippen LogP contribution in [0.3, 0.4) is 0 Å². The minimum Gasteiger partial charge on any atom is -0.340 e. The van der Waals surface area contributed by atoms with E-state index in [0.717, 1.165) is 25.0 Å². The third-order valence-corrected chi connectivity index (χ3v) is 6.70. The molecule has 0 aromatic carbocycles. The monoisotopic (exact) mass is 375 g/mol. The SMILES string of the molecule is O=C(CCc1cccs1)N1C[C@@H]2CC[C@H](C1)N(Cc1cscn1)C2=O. The van der Waals surface area contributed by atoms with Crippen LogP contribution in [0.1, 0.15) is 29.8 Å². The van der Waals surface area contributed by atoms with E-state index in [1.807, 2.05) is 26.6 Å². The number of aromatic nitrogens is 1. The zero-order chi connectivity index (χ0) is 17.2. The van der Waals surface area contributed by atoms with E-state index in [4.69, 9.17) is 0 Å². The highest BCUT2D eigenvalue weighted by Gasteiger charge is 2.41. The summed E-state index contributed by atoms with van der Waals surface area (Å²) in [7, 11) is 0. The number of amides is 2. The number of hydrogen-bond donors (Lipinski definition) is 0. The first-order chi connectivity index (χ1) is 12.2. The van der Waals surface area contributed by atoms with Gasteiger partial charge in [-0.15, -0.1) is 22.7 Å². The highest BCUT2D eigenvalue weighted by atomic mass is 32.1. The Kier molecular flexibility index (Phi) is 4.85. The van der Waals surface area contributed by atoms with Crippen molar-refractivity contribution in [3.63, 3.8) is 0 Å². The van der Waals surface area contributed by atoms with Crippen LogP contribution in [0, 0.1) is 5.92 Å². The van der Waals surface area contributed by atoms with Gasteiger partial charge in [0.15, 0.2) is 0 Å². The van der Waals surface area contributed by atoms with E-state index in [1.54, 1.807) is 28.2 Å². The molecular formula is C18H21N3O2S2. The van der Waals surface area contributed by atoms with E-state index in [1.165, 1.54) is 4.88 Å². The van der Waals surface area contributed by atoms with E-state index < -0.39 is 0 Å². The second-order valence-corrected chi connectivity index (χ2v) is 8.50. The average molecular weight is 376 g/mol. The number of nitrogens with zero attached hydrogens (tertiary/aromatic N) is 3. The summed E-state index contributed by atoms with van der Waals surface area (Å²) in [6, 6.07) is 4.22. The van der Waals surface area contributed by atoms with Crippen LogP contribution in [-0.2, 0) is 22.6 Å². The Labute approximate surface area is 155 Å². The number of carbonyl (C=O) groups excluding carboxylic acids is 2. The van der Waals surface area contributed by atoms with Crippen molar-refractivity contribution in [3.05, 3.63) is 39.0 Å². The lowest BCUT2D eigenvalue weighted by molar-refractivity contribution is -0.140. The third-order valence-electron chi connectivity index (χ3n) is 5.13. The molecule has 2 aromatic heterocycles. The summed E-state index contributed by atoms with van der Waals surface area (Å²) in [5.74, 6) is 0.314. The molecule has 5 heterocycles. The van der Waals surface area contributed by atoms with Gasteiger partial charge in [0.25, 0.3) is 0 Å². The zero-order valence-corrected chi connectivity index (χ0v) is 15.6. The molecule has 3 fully saturated rings. The van der Waals surface area contributed by atoms with Crippen LogP contribution >= 0.6 is 22.7 Å². The van der Waals surface area contributed by atoms with Gasteiger partial charge in [0.1, 0.15) is 0 Å². The summed E-state index contributed by atoms with van der Waals surface area (Å²) >= 11 is 3.25. The molecule has 3 saturated heterocycles.